The van der Waals surface area contributed by atoms with E-state index in [1.54, 1.807) is 12.1 Å². The maximum Gasteiger partial charge on any atom is 0.337 e. The van der Waals surface area contributed by atoms with Crippen molar-refractivity contribution in [2.24, 2.45) is 11.8 Å². The van der Waals surface area contributed by atoms with Gasteiger partial charge in [-0.25, -0.2) is 4.79 Å². The number of anilines is 1. The predicted octanol–water partition coefficient (Wildman–Crippen LogP) is 2.74. The summed E-state index contributed by atoms with van der Waals surface area (Å²) in [6, 6.07) is 4.81. The van der Waals surface area contributed by atoms with Crippen molar-refractivity contribution in [1.82, 2.24) is 0 Å². The van der Waals surface area contributed by atoms with E-state index in [9.17, 15) is 9.59 Å². The summed E-state index contributed by atoms with van der Waals surface area (Å²) >= 11 is 3.25. The average molecular weight is 298 g/mol. The summed E-state index contributed by atoms with van der Waals surface area (Å²) in [6.07, 6.45) is 0.874. The highest BCUT2D eigenvalue weighted by Crippen LogP contribution is 2.39. The number of para-hydroxylation sites is 1. The molecule has 1 amide bonds. The summed E-state index contributed by atoms with van der Waals surface area (Å²) in [5.41, 5.74) is 0.435. The van der Waals surface area contributed by atoms with Crippen LogP contribution in [0.15, 0.2) is 22.7 Å². The normalized spacial score (nSPS) is 22.0. The van der Waals surface area contributed by atoms with E-state index in [-0.39, 0.29) is 17.4 Å². The fourth-order valence-corrected chi connectivity index (χ4v) is 2.20. The molecule has 4 nitrogen and oxygen atoms in total. The first-order valence-corrected chi connectivity index (χ1v) is 6.12. The number of amides is 1. The second-order valence-electron chi connectivity index (χ2n) is 4.28. The van der Waals surface area contributed by atoms with Gasteiger partial charge in [-0.1, -0.05) is 13.0 Å². The molecule has 0 heterocycles. The molecule has 2 atom stereocenters. The van der Waals surface area contributed by atoms with Gasteiger partial charge in [0, 0.05) is 10.4 Å². The van der Waals surface area contributed by atoms with Gasteiger partial charge in [0.1, 0.15) is 0 Å². The molecule has 1 aliphatic rings. The molecule has 0 saturated heterocycles. The van der Waals surface area contributed by atoms with Crippen LogP contribution in [0.5, 0.6) is 0 Å². The van der Waals surface area contributed by atoms with Gasteiger partial charge in [-0.3, -0.25) is 4.79 Å². The molecule has 0 aromatic heterocycles. The minimum absolute atomic E-state index is 0.0174. The second kappa shape index (κ2) is 4.49. The number of aromatic carboxylic acids is 1. The lowest BCUT2D eigenvalue weighted by atomic mass is 10.1. The number of carboxylic acid groups (broad SMARTS) is 1. The molecule has 5 heteroatoms. The molecule has 1 fully saturated rings. The molecule has 0 bridgehead atoms. The quantitative estimate of drug-likeness (QED) is 0.901. The Morgan fingerprint density at radius 3 is 2.65 bits per heavy atom. The Balaban J connectivity index is 2.25. The fraction of sp³-hybridized carbons (Fsp3) is 0.333. The highest BCUT2D eigenvalue weighted by Gasteiger charge is 2.39. The van der Waals surface area contributed by atoms with Gasteiger partial charge in [-0.2, -0.15) is 0 Å². The Kier molecular flexibility index (Phi) is 3.19. The van der Waals surface area contributed by atoms with E-state index >= 15 is 0 Å². The first kappa shape index (κ1) is 12.1. The lowest BCUT2D eigenvalue weighted by Gasteiger charge is -2.10. The molecular weight excluding hydrogens is 286 g/mol. The summed E-state index contributed by atoms with van der Waals surface area (Å²) in [5, 5.41) is 11.7. The summed E-state index contributed by atoms with van der Waals surface area (Å²) in [5.74, 6) is -0.744. The first-order valence-electron chi connectivity index (χ1n) is 5.33. The third-order valence-corrected chi connectivity index (χ3v) is 3.60. The van der Waals surface area contributed by atoms with Gasteiger partial charge in [0.25, 0.3) is 0 Å². The number of carbonyl (C=O) groups is 2. The van der Waals surface area contributed by atoms with Gasteiger partial charge in [-0.05, 0) is 40.4 Å². The molecule has 90 valence electrons. The standard InChI is InChI=1S/C12H12BrNO3/c1-6-5-8(6)11(15)14-10-7(12(16)17)3-2-4-9(10)13/h2-4,6,8H,5H2,1H3,(H,14,15)(H,16,17). The number of rotatable bonds is 3. The van der Waals surface area contributed by atoms with Crippen LogP contribution in [0.4, 0.5) is 5.69 Å². The number of halogens is 1. The molecular formula is C12H12BrNO3. The van der Waals surface area contributed by atoms with Crippen molar-refractivity contribution < 1.29 is 14.7 Å². The first-order chi connectivity index (χ1) is 8.00. The van der Waals surface area contributed by atoms with Crippen LogP contribution < -0.4 is 5.32 Å². The molecule has 17 heavy (non-hydrogen) atoms. The number of carboxylic acids is 1. The number of benzene rings is 1. The molecule has 1 aromatic rings. The second-order valence-corrected chi connectivity index (χ2v) is 5.13. The number of nitrogens with one attached hydrogen (secondary N) is 1. The lowest BCUT2D eigenvalue weighted by molar-refractivity contribution is -0.117. The van der Waals surface area contributed by atoms with Gasteiger partial charge in [-0.15, -0.1) is 0 Å². The molecule has 1 aliphatic carbocycles. The molecule has 2 rings (SSSR count). The molecule has 0 aliphatic heterocycles. The number of hydrogen-bond donors (Lipinski definition) is 2. The van der Waals surface area contributed by atoms with Gasteiger partial charge in [0.2, 0.25) is 5.91 Å². The maximum absolute atomic E-state index is 11.8. The van der Waals surface area contributed by atoms with Crippen molar-refractivity contribution >= 4 is 33.5 Å². The van der Waals surface area contributed by atoms with Crippen LogP contribution in [0, 0.1) is 11.8 Å². The lowest BCUT2D eigenvalue weighted by Crippen LogP contribution is -2.17. The summed E-state index contributed by atoms with van der Waals surface area (Å²) in [6.45, 7) is 2.00. The Labute approximate surface area is 107 Å². The molecule has 1 aromatic carbocycles. The van der Waals surface area contributed by atoms with Crippen LogP contribution in [0.25, 0.3) is 0 Å². The fourth-order valence-electron chi connectivity index (χ4n) is 1.73. The highest BCUT2D eigenvalue weighted by molar-refractivity contribution is 9.10. The third kappa shape index (κ3) is 2.49. The van der Waals surface area contributed by atoms with Gasteiger partial charge in [0.05, 0.1) is 11.3 Å². The summed E-state index contributed by atoms with van der Waals surface area (Å²) in [4.78, 5) is 22.8. The SMILES string of the molecule is CC1CC1C(=O)Nc1c(Br)cccc1C(=O)O. The van der Waals surface area contributed by atoms with E-state index in [1.165, 1.54) is 6.07 Å². The largest absolute Gasteiger partial charge is 0.478 e. The summed E-state index contributed by atoms with van der Waals surface area (Å²) < 4.78 is 0.582. The van der Waals surface area contributed by atoms with Crippen molar-refractivity contribution in [2.75, 3.05) is 5.32 Å². The van der Waals surface area contributed by atoms with Gasteiger partial charge >= 0.3 is 5.97 Å². The van der Waals surface area contributed by atoms with Crippen LogP contribution in [0.2, 0.25) is 0 Å². The zero-order valence-corrected chi connectivity index (χ0v) is 10.8. The molecule has 2 unspecified atom stereocenters. The number of hydrogen-bond acceptors (Lipinski definition) is 2. The molecule has 0 spiro atoms. The molecule has 0 radical (unpaired) electrons. The minimum atomic E-state index is -1.05. The summed E-state index contributed by atoms with van der Waals surface area (Å²) in [7, 11) is 0. The van der Waals surface area contributed by atoms with Gasteiger partial charge < -0.3 is 10.4 Å². The Bertz CT molecular complexity index is 487. The smallest absolute Gasteiger partial charge is 0.337 e. The van der Waals surface area contributed by atoms with E-state index in [0.717, 1.165) is 6.42 Å². The van der Waals surface area contributed by atoms with Crippen molar-refractivity contribution in [3.8, 4) is 0 Å². The van der Waals surface area contributed by atoms with Crippen LogP contribution in [0.3, 0.4) is 0 Å². The van der Waals surface area contributed by atoms with E-state index in [1.807, 2.05) is 6.92 Å². The Morgan fingerprint density at radius 2 is 2.12 bits per heavy atom. The molecule has 1 saturated carbocycles. The van der Waals surface area contributed by atoms with Crippen molar-refractivity contribution in [2.45, 2.75) is 13.3 Å². The van der Waals surface area contributed by atoms with E-state index in [2.05, 4.69) is 21.2 Å². The van der Waals surface area contributed by atoms with Crippen LogP contribution in [0.1, 0.15) is 23.7 Å². The molecule has 2 N–H and O–H groups in total. The predicted molar refractivity (Wildman–Crippen MR) is 67.0 cm³/mol. The van der Waals surface area contributed by atoms with E-state index in [0.29, 0.717) is 16.1 Å². The monoisotopic (exact) mass is 297 g/mol. The third-order valence-electron chi connectivity index (χ3n) is 2.94. The zero-order chi connectivity index (χ0) is 12.6. The van der Waals surface area contributed by atoms with Crippen LogP contribution >= 0.6 is 15.9 Å². The van der Waals surface area contributed by atoms with E-state index < -0.39 is 5.97 Å². The Morgan fingerprint density at radius 1 is 1.47 bits per heavy atom. The highest BCUT2D eigenvalue weighted by atomic mass is 79.9. The topological polar surface area (TPSA) is 66.4 Å². The van der Waals surface area contributed by atoms with E-state index in [4.69, 9.17) is 5.11 Å². The van der Waals surface area contributed by atoms with Crippen molar-refractivity contribution in [3.05, 3.63) is 28.2 Å². The Hall–Kier alpha value is -1.36. The van der Waals surface area contributed by atoms with Crippen molar-refractivity contribution in [1.29, 1.82) is 0 Å². The zero-order valence-electron chi connectivity index (χ0n) is 9.24. The maximum atomic E-state index is 11.8. The number of carbonyl (C=O) groups excluding carboxylic acids is 1. The van der Waals surface area contributed by atoms with Crippen LogP contribution in [-0.2, 0) is 4.79 Å². The van der Waals surface area contributed by atoms with Gasteiger partial charge in [0.15, 0.2) is 0 Å². The average Bonchev–Trinajstić information content (AvgIpc) is 2.98. The van der Waals surface area contributed by atoms with Crippen LogP contribution in [-0.4, -0.2) is 17.0 Å². The van der Waals surface area contributed by atoms with Crippen molar-refractivity contribution in [3.63, 3.8) is 0 Å². The minimum Gasteiger partial charge on any atom is -0.478 e.